The van der Waals surface area contributed by atoms with Crippen molar-refractivity contribution in [2.24, 2.45) is 5.41 Å². The third-order valence-corrected chi connectivity index (χ3v) is 8.55. The standard InChI is InChI=1S/C34H24FNO4/c1-40-24-11-7-10-22(19-24)31(37)30-29(20-8-3-2-4-9-20)34(32(38)25-12-5-6-13-26(25)33(34)39)28-17-14-21-18-23(35)15-16-27(21)36(28)30/h2-19,28-30H,1H3/t28?,29-,30+/m0/s1. The second kappa shape index (κ2) is 8.85. The molecule has 0 bridgehead atoms. The Morgan fingerprint density at radius 3 is 2.25 bits per heavy atom. The van der Waals surface area contributed by atoms with E-state index in [0.29, 0.717) is 39.3 Å². The third-order valence-electron chi connectivity index (χ3n) is 8.55. The maximum Gasteiger partial charge on any atom is 0.186 e. The summed E-state index contributed by atoms with van der Waals surface area (Å²) in [6.07, 6.45) is 3.55. The fourth-order valence-electron chi connectivity index (χ4n) is 6.93. The van der Waals surface area contributed by atoms with Gasteiger partial charge in [0, 0.05) is 33.9 Å². The van der Waals surface area contributed by atoms with Gasteiger partial charge in [-0.25, -0.2) is 4.39 Å². The number of benzene rings is 4. The Kier molecular flexibility index (Phi) is 5.36. The first kappa shape index (κ1) is 24.2. The number of fused-ring (bicyclic) bond motifs is 5. The van der Waals surface area contributed by atoms with E-state index in [0.717, 1.165) is 0 Å². The Morgan fingerprint density at radius 2 is 1.55 bits per heavy atom. The van der Waals surface area contributed by atoms with Crippen LogP contribution in [0.2, 0.25) is 0 Å². The maximum atomic E-state index is 14.6. The van der Waals surface area contributed by atoms with E-state index in [9.17, 15) is 18.8 Å². The lowest BCUT2D eigenvalue weighted by atomic mass is 9.64. The summed E-state index contributed by atoms with van der Waals surface area (Å²) < 4.78 is 19.7. The van der Waals surface area contributed by atoms with Crippen LogP contribution in [-0.4, -0.2) is 36.5 Å². The van der Waals surface area contributed by atoms with Crippen LogP contribution in [0.5, 0.6) is 5.75 Å². The highest BCUT2D eigenvalue weighted by molar-refractivity contribution is 6.32. The number of anilines is 1. The molecule has 0 saturated carbocycles. The van der Waals surface area contributed by atoms with Crippen molar-refractivity contribution >= 4 is 29.1 Å². The van der Waals surface area contributed by atoms with Crippen LogP contribution in [0, 0.1) is 11.2 Å². The third kappa shape index (κ3) is 3.16. The number of carbonyl (C=O) groups excluding carboxylic acids is 3. The fourth-order valence-corrected chi connectivity index (χ4v) is 6.93. The Bertz CT molecular complexity index is 1710. The predicted molar refractivity (Wildman–Crippen MR) is 150 cm³/mol. The first-order valence-electron chi connectivity index (χ1n) is 13.1. The van der Waals surface area contributed by atoms with Gasteiger partial charge < -0.3 is 9.64 Å². The number of ketones is 3. The average Bonchev–Trinajstić information content (AvgIpc) is 3.43. The fraction of sp³-hybridized carbons (Fsp3) is 0.147. The number of halogens is 1. The van der Waals surface area contributed by atoms with Crippen LogP contribution in [0.15, 0.2) is 103 Å². The van der Waals surface area contributed by atoms with Crippen molar-refractivity contribution in [2.75, 3.05) is 12.0 Å². The SMILES string of the molecule is COc1cccc(C(=O)[C@H]2[C@H](c3ccccc3)C3(C(=O)c4ccccc4C3=O)C3C=Cc4cc(F)ccc4N32)c1. The minimum atomic E-state index is -1.59. The number of ether oxygens (including phenoxy) is 1. The van der Waals surface area contributed by atoms with E-state index in [1.807, 2.05) is 35.2 Å². The van der Waals surface area contributed by atoms with Crippen LogP contribution >= 0.6 is 0 Å². The first-order valence-corrected chi connectivity index (χ1v) is 13.1. The zero-order valence-corrected chi connectivity index (χ0v) is 21.6. The molecule has 196 valence electrons. The van der Waals surface area contributed by atoms with Crippen LogP contribution in [-0.2, 0) is 0 Å². The van der Waals surface area contributed by atoms with E-state index in [1.54, 1.807) is 66.7 Å². The van der Waals surface area contributed by atoms with Gasteiger partial charge in [0.1, 0.15) is 23.0 Å². The molecule has 0 aromatic heterocycles. The average molecular weight is 530 g/mol. The zero-order valence-electron chi connectivity index (χ0n) is 21.6. The summed E-state index contributed by atoms with van der Waals surface area (Å²) in [6, 6.07) is 25.7. The van der Waals surface area contributed by atoms with Crippen LogP contribution < -0.4 is 9.64 Å². The molecular weight excluding hydrogens is 505 g/mol. The van der Waals surface area contributed by atoms with E-state index in [2.05, 4.69) is 0 Å². The lowest BCUT2D eigenvalue weighted by Crippen LogP contribution is -2.48. The molecule has 1 saturated heterocycles. The van der Waals surface area contributed by atoms with Crippen molar-refractivity contribution < 1.29 is 23.5 Å². The molecule has 4 aromatic rings. The van der Waals surface area contributed by atoms with E-state index in [-0.39, 0.29) is 17.3 Å². The van der Waals surface area contributed by atoms with Gasteiger partial charge in [0.25, 0.3) is 0 Å². The lowest BCUT2D eigenvalue weighted by Gasteiger charge is -2.37. The second-order valence-corrected chi connectivity index (χ2v) is 10.4. The Morgan fingerprint density at radius 1 is 0.850 bits per heavy atom. The van der Waals surface area contributed by atoms with Crippen LogP contribution in [0.4, 0.5) is 10.1 Å². The van der Waals surface area contributed by atoms with Gasteiger partial charge in [-0.2, -0.15) is 0 Å². The van der Waals surface area contributed by atoms with Gasteiger partial charge in [0.2, 0.25) is 0 Å². The van der Waals surface area contributed by atoms with Crippen LogP contribution in [0.3, 0.4) is 0 Å². The first-order chi connectivity index (χ1) is 19.5. The molecule has 7 rings (SSSR count). The van der Waals surface area contributed by atoms with Gasteiger partial charge in [0.15, 0.2) is 17.3 Å². The smallest absolute Gasteiger partial charge is 0.186 e. The van der Waals surface area contributed by atoms with Gasteiger partial charge in [-0.3, -0.25) is 14.4 Å². The molecular formula is C34H24FNO4. The number of hydrogen-bond donors (Lipinski definition) is 0. The molecule has 1 unspecified atom stereocenters. The molecule has 4 aromatic carbocycles. The minimum Gasteiger partial charge on any atom is -0.497 e. The van der Waals surface area contributed by atoms with Crippen molar-refractivity contribution in [1.29, 1.82) is 0 Å². The normalized spacial score (nSPS) is 21.8. The van der Waals surface area contributed by atoms with Crippen LogP contribution in [0.1, 0.15) is 48.1 Å². The van der Waals surface area contributed by atoms with Crippen molar-refractivity contribution in [2.45, 2.75) is 18.0 Å². The monoisotopic (exact) mass is 529 g/mol. The lowest BCUT2D eigenvalue weighted by molar-refractivity contribution is 0.0666. The van der Waals surface area contributed by atoms with Crippen molar-refractivity contribution in [3.8, 4) is 5.75 Å². The highest BCUT2D eigenvalue weighted by atomic mass is 19.1. The van der Waals surface area contributed by atoms with Gasteiger partial charge in [0.05, 0.1) is 13.2 Å². The molecule has 0 radical (unpaired) electrons. The summed E-state index contributed by atoms with van der Waals surface area (Å²) in [5.74, 6) is -1.55. The highest BCUT2D eigenvalue weighted by Crippen LogP contribution is 2.61. The van der Waals surface area contributed by atoms with Gasteiger partial charge in [-0.1, -0.05) is 78.9 Å². The number of methoxy groups -OCH3 is 1. The summed E-state index contributed by atoms with van der Waals surface area (Å²) >= 11 is 0. The van der Waals surface area contributed by atoms with Gasteiger partial charge in [-0.15, -0.1) is 0 Å². The van der Waals surface area contributed by atoms with Crippen molar-refractivity contribution in [3.63, 3.8) is 0 Å². The molecule has 0 amide bonds. The van der Waals surface area contributed by atoms with E-state index >= 15 is 0 Å². The van der Waals surface area contributed by atoms with Gasteiger partial charge >= 0.3 is 0 Å². The van der Waals surface area contributed by atoms with E-state index in [1.165, 1.54) is 19.2 Å². The summed E-state index contributed by atoms with van der Waals surface area (Å²) in [7, 11) is 1.53. The largest absolute Gasteiger partial charge is 0.497 e. The Hall–Kier alpha value is -4.84. The highest BCUT2D eigenvalue weighted by Gasteiger charge is 2.71. The number of rotatable bonds is 4. The van der Waals surface area contributed by atoms with E-state index in [4.69, 9.17) is 4.74 Å². The molecule has 0 N–H and O–H groups in total. The molecule has 3 atom stereocenters. The molecule has 1 fully saturated rings. The number of hydrogen-bond acceptors (Lipinski definition) is 5. The molecule has 6 heteroatoms. The molecule has 1 spiro atoms. The number of nitrogens with zero attached hydrogens (tertiary/aromatic N) is 1. The second-order valence-electron chi connectivity index (χ2n) is 10.4. The Labute approximate surface area is 230 Å². The van der Waals surface area contributed by atoms with Crippen molar-refractivity contribution in [3.05, 3.63) is 137 Å². The predicted octanol–water partition coefficient (Wildman–Crippen LogP) is 6.15. The Balaban J connectivity index is 1.54. The minimum absolute atomic E-state index is 0.253. The summed E-state index contributed by atoms with van der Waals surface area (Å²) in [5.41, 5.74) is 1.43. The molecule has 2 heterocycles. The van der Waals surface area contributed by atoms with Crippen molar-refractivity contribution in [1.82, 2.24) is 0 Å². The van der Waals surface area contributed by atoms with Crippen LogP contribution in [0.25, 0.3) is 6.08 Å². The molecule has 1 aliphatic carbocycles. The quantitative estimate of drug-likeness (QED) is 0.234. The van der Waals surface area contributed by atoms with Gasteiger partial charge in [-0.05, 0) is 35.9 Å². The molecule has 3 aliphatic rings. The molecule has 2 aliphatic heterocycles. The summed E-state index contributed by atoms with van der Waals surface area (Å²) in [4.78, 5) is 45.6. The zero-order chi connectivity index (χ0) is 27.6. The molecule has 5 nitrogen and oxygen atoms in total. The summed E-state index contributed by atoms with van der Waals surface area (Å²) in [5, 5.41) is 0. The maximum absolute atomic E-state index is 14.6. The topological polar surface area (TPSA) is 63.7 Å². The summed E-state index contributed by atoms with van der Waals surface area (Å²) in [6.45, 7) is 0. The number of carbonyl (C=O) groups is 3. The number of Topliss-reactive ketones (excluding diaryl/α,β-unsaturated/α-hetero) is 3. The molecule has 40 heavy (non-hydrogen) atoms. The van der Waals surface area contributed by atoms with E-state index < -0.39 is 29.2 Å².